The summed E-state index contributed by atoms with van der Waals surface area (Å²) in [5, 5.41) is 6.66. The fourth-order valence-corrected chi connectivity index (χ4v) is 5.67. The first-order valence-corrected chi connectivity index (χ1v) is 13.6. The fraction of sp³-hybridized carbons (Fsp3) is 0.290. The Morgan fingerprint density at radius 1 is 0.872 bits per heavy atom. The number of methoxy groups -OCH3 is 4. The van der Waals surface area contributed by atoms with E-state index < -0.39 is 0 Å². The number of halogens is 1. The minimum Gasteiger partial charge on any atom is -0.493 e. The molecule has 0 saturated heterocycles. The molecule has 39 heavy (non-hydrogen) atoms. The molecule has 0 unspecified atom stereocenters. The van der Waals surface area contributed by atoms with Crippen LogP contribution in [0.15, 0.2) is 75.8 Å². The number of carbonyl (C=O) groups is 1. The van der Waals surface area contributed by atoms with Crippen molar-refractivity contribution in [1.82, 2.24) is 5.01 Å². The van der Waals surface area contributed by atoms with Crippen LogP contribution in [0.5, 0.6) is 23.0 Å². The number of hydrogen-bond donors (Lipinski definition) is 0. The molecule has 1 fully saturated rings. The number of hydrogen-bond acceptors (Lipinski definition) is 6. The molecule has 1 heterocycles. The summed E-state index contributed by atoms with van der Waals surface area (Å²) in [5.41, 5.74) is 4.59. The van der Waals surface area contributed by atoms with Gasteiger partial charge in [-0.15, -0.1) is 0 Å². The highest BCUT2D eigenvalue weighted by Gasteiger charge is 2.44. The van der Waals surface area contributed by atoms with Crippen molar-refractivity contribution in [3.63, 3.8) is 0 Å². The Labute approximate surface area is 237 Å². The average Bonchev–Trinajstić information content (AvgIpc) is 3.37. The normalized spacial score (nSPS) is 19.4. The number of fused-ring (bicyclic) bond motifs is 1. The quantitative estimate of drug-likeness (QED) is 0.299. The molecule has 1 saturated carbocycles. The van der Waals surface area contributed by atoms with Crippen molar-refractivity contribution in [2.45, 2.75) is 25.3 Å². The number of nitrogens with zero attached hydrogens (tertiary/aromatic N) is 2. The van der Waals surface area contributed by atoms with Crippen LogP contribution in [0.25, 0.3) is 6.08 Å². The summed E-state index contributed by atoms with van der Waals surface area (Å²) in [6.45, 7) is 0. The van der Waals surface area contributed by atoms with Gasteiger partial charge in [-0.1, -0.05) is 28.1 Å². The predicted molar refractivity (Wildman–Crippen MR) is 155 cm³/mol. The standard InChI is InChI=1S/C31H31BrN2O5/c1-36-25-14-8-19(17-27(25)38-3)16-21-6-5-7-24-29(21)33-34(31(35)20-9-12-23(32)13-10-20)30(24)22-11-15-26(37-2)28(18-22)39-4/h8-18,24,30H,5-7H2,1-4H3/b21-16+/t24-,30+/m1/s1. The molecule has 0 spiro atoms. The molecule has 7 nitrogen and oxygen atoms in total. The lowest BCUT2D eigenvalue weighted by molar-refractivity contribution is 0.0680. The molecule has 0 aromatic heterocycles. The molecule has 2 aliphatic rings. The average molecular weight is 592 g/mol. The third-order valence-electron chi connectivity index (χ3n) is 7.30. The van der Waals surface area contributed by atoms with Gasteiger partial charge in [0.1, 0.15) is 0 Å². The molecule has 1 aliphatic heterocycles. The Hall–Kier alpha value is -3.78. The van der Waals surface area contributed by atoms with E-state index in [0.29, 0.717) is 28.6 Å². The van der Waals surface area contributed by atoms with Gasteiger partial charge in [-0.3, -0.25) is 4.79 Å². The number of carbonyl (C=O) groups excluding carboxylic acids is 1. The van der Waals surface area contributed by atoms with Gasteiger partial charge in [0, 0.05) is 16.0 Å². The smallest absolute Gasteiger partial charge is 0.274 e. The molecular weight excluding hydrogens is 560 g/mol. The number of rotatable bonds is 7. The maximum Gasteiger partial charge on any atom is 0.274 e. The Morgan fingerprint density at radius 3 is 2.18 bits per heavy atom. The minimum atomic E-state index is -0.273. The largest absolute Gasteiger partial charge is 0.493 e. The number of benzene rings is 3. The first-order valence-electron chi connectivity index (χ1n) is 12.8. The molecule has 202 valence electrons. The summed E-state index contributed by atoms with van der Waals surface area (Å²) in [4.78, 5) is 13.9. The molecule has 1 amide bonds. The monoisotopic (exact) mass is 590 g/mol. The van der Waals surface area contributed by atoms with Crippen LogP contribution in [0.4, 0.5) is 0 Å². The maximum absolute atomic E-state index is 13.9. The van der Waals surface area contributed by atoms with E-state index in [9.17, 15) is 4.79 Å². The van der Waals surface area contributed by atoms with Gasteiger partial charge in [0.15, 0.2) is 23.0 Å². The highest BCUT2D eigenvalue weighted by Crippen LogP contribution is 2.46. The van der Waals surface area contributed by atoms with E-state index in [-0.39, 0.29) is 17.9 Å². The van der Waals surface area contributed by atoms with Gasteiger partial charge in [-0.2, -0.15) is 5.10 Å². The van der Waals surface area contributed by atoms with Gasteiger partial charge in [0.05, 0.1) is 40.2 Å². The van der Waals surface area contributed by atoms with E-state index in [1.807, 2.05) is 60.7 Å². The molecule has 0 radical (unpaired) electrons. The van der Waals surface area contributed by atoms with E-state index >= 15 is 0 Å². The SMILES string of the molecule is COc1ccc(/C=C2\CCC[C@@H]3C2=NN(C(=O)c2ccc(Br)cc2)[C@H]3c2ccc(OC)c(OC)c2)cc1OC. The lowest BCUT2D eigenvalue weighted by Crippen LogP contribution is -2.32. The van der Waals surface area contributed by atoms with E-state index in [2.05, 4.69) is 22.0 Å². The summed E-state index contributed by atoms with van der Waals surface area (Å²) in [7, 11) is 6.49. The molecule has 3 aromatic carbocycles. The zero-order valence-electron chi connectivity index (χ0n) is 22.4. The number of allylic oxidation sites excluding steroid dienone is 1. The van der Waals surface area contributed by atoms with Crippen LogP contribution in [0.3, 0.4) is 0 Å². The van der Waals surface area contributed by atoms with Gasteiger partial charge in [-0.25, -0.2) is 5.01 Å². The van der Waals surface area contributed by atoms with Crippen molar-refractivity contribution in [3.8, 4) is 23.0 Å². The van der Waals surface area contributed by atoms with E-state index in [4.69, 9.17) is 24.0 Å². The van der Waals surface area contributed by atoms with Gasteiger partial charge in [-0.05, 0) is 90.6 Å². The van der Waals surface area contributed by atoms with Crippen molar-refractivity contribution in [2.24, 2.45) is 11.0 Å². The van der Waals surface area contributed by atoms with Crippen LogP contribution in [-0.2, 0) is 0 Å². The lowest BCUT2D eigenvalue weighted by atomic mass is 9.77. The highest BCUT2D eigenvalue weighted by atomic mass is 79.9. The predicted octanol–water partition coefficient (Wildman–Crippen LogP) is 6.92. The van der Waals surface area contributed by atoms with Gasteiger partial charge in [0.2, 0.25) is 0 Å². The first-order chi connectivity index (χ1) is 19.0. The van der Waals surface area contributed by atoms with Crippen LogP contribution in [0, 0.1) is 5.92 Å². The molecule has 0 N–H and O–H groups in total. The van der Waals surface area contributed by atoms with Gasteiger partial charge >= 0.3 is 0 Å². The highest BCUT2D eigenvalue weighted by molar-refractivity contribution is 9.10. The maximum atomic E-state index is 13.9. The van der Waals surface area contributed by atoms with Crippen molar-refractivity contribution in [2.75, 3.05) is 28.4 Å². The van der Waals surface area contributed by atoms with Crippen molar-refractivity contribution in [1.29, 1.82) is 0 Å². The summed E-state index contributed by atoms with van der Waals surface area (Å²) < 4.78 is 22.9. The second kappa shape index (κ2) is 11.5. The zero-order chi connectivity index (χ0) is 27.5. The lowest BCUT2D eigenvalue weighted by Gasteiger charge is -2.30. The van der Waals surface area contributed by atoms with E-state index in [1.165, 1.54) is 0 Å². The van der Waals surface area contributed by atoms with E-state index in [0.717, 1.165) is 46.1 Å². The molecular formula is C31H31BrN2O5. The molecule has 1 aliphatic carbocycles. The number of hydrazone groups is 1. The summed E-state index contributed by atoms with van der Waals surface area (Å²) in [6, 6.07) is 18.8. The Kier molecular flexibility index (Phi) is 7.93. The molecule has 3 aromatic rings. The Bertz CT molecular complexity index is 1430. The van der Waals surface area contributed by atoms with Crippen molar-refractivity contribution >= 4 is 33.6 Å². The Morgan fingerprint density at radius 2 is 1.51 bits per heavy atom. The molecule has 0 bridgehead atoms. The van der Waals surface area contributed by atoms with Crippen LogP contribution >= 0.6 is 15.9 Å². The van der Waals surface area contributed by atoms with Crippen LogP contribution < -0.4 is 18.9 Å². The molecule has 8 heteroatoms. The van der Waals surface area contributed by atoms with E-state index in [1.54, 1.807) is 33.4 Å². The second-order valence-corrected chi connectivity index (χ2v) is 10.4. The van der Waals surface area contributed by atoms with Crippen molar-refractivity contribution in [3.05, 3.63) is 87.4 Å². The number of ether oxygens (including phenoxy) is 4. The Balaban J connectivity index is 1.59. The molecule has 2 atom stereocenters. The van der Waals surface area contributed by atoms with Crippen molar-refractivity contribution < 1.29 is 23.7 Å². The third kappa shape index (κ3) is 5.26. The van der Waals surface area contributed by atoms with Gasteiger partial charge in [0.25, 0.3) is 5.91 Å². The number of amides is 1. The van der Waals surface area contributed by atoms with Crippen LogP contribution in [0.2, 0.25) is 0 Å². The van der Waals surface area contributed by atoms with Crippen LogP contribution in [-0.4, -0.2) is 45.1 Å². The first kappa shape index (κ1) is 26.8. The fourth-order valence-electron chi connectivity index (χ4n) is 5.41. The zero-order valence-corrected chi connectivity index (χ0v) is 24.0. The minimum absolute atomic E-state index is 0.0441. The summed E-state index contributed by atoms with van der Waals surface area (Å²) in [6.07, 6.45) is 4.94. The van der Waals surface area contributed by atoms with Crippen LogP contribution in [0.1, 0.15) is 46.8 Å². The molecule has 5 rings (SSSR count). The van der Waals surface area contributed by atoms with Gasteiger partial charge < -0.3 is 18.9 Å². The topological polar surface area (TPSA) is 69.6 Å². The second-order valence-electron chi connectivity index (χ2n) is 9.48. The summed E-state index contributed by atoms with van der Waals surface area (Å²) >= 11 is 3.46. The summed E-state index contributed by atoms with van der Waals surface area (Å²) in [5.74, 6) is 2.51. The third-order valence-corrected chi connectivity index (χ3v) is 7.83.